The van der Waals surface area contributed by atoms with E-state index in [2.05, 4.69) is 36.8 Å². The summed E-state index contributed by atoms with van der Waals surface area (Å²) < 4.78 is 0.917. The highest BCUT2D eigenvalue weighted by Gasteiger charge is 2.08. The molecule has 0 aliphatic heterocycles. The third-order valence-corrected chi connectivity index (χ3v) is 4.42. The Labute approximate surface area is 156 Å². The molecule has 25 heavy (non-hydrogen) atoms. The SMILES string of the molecule is O=C(Cc1ccc(NC(=O)c2ccc(Br)cc2)cc1)Nc1nncs1. The van der Waals surface area contributed by atoms with Gasteiger partial charge in [-0.05, 0) is 42.0 Å². The molecule has 2 amide bonds. The highest BCUT2D eigenvalue weighted by Crippen LogP contribution is 2.15. The van der Waals surface area contributed by atoms with E-state index >= 15 is 0 Å². The molecule has 1 aromatic heterocycles. The largest absolute Gasteiger partial charge is 0.322 e. The van der Waals surface area contributed by atoms with Gasteiger partial charge in [-0.15, -0.1) is 10.2 Å². The molecule has 0 spiro atoms. The lowest BCUT2D eigenvalue weighted by atomic mass is 10.1. The predicted octanol–water partition coefficient (Wildman–Crippen LogP) is 3.73. The van der Waals surface area contributed by atoms with Crippen LogP contribution in [0.2, 0.25) is 0 Å². The number of aromatic nitrogens is 2. The topological polar surface area (TPSA) is 84.0 Å². The van der Waals surface area contributed by atoms with E-state index in [1.165, 1.54) is 11.3 Å². The number of nitrogens with zero attached hydrogens (tertiary/aromatic N) is 2. The van der Waals surface area contributed by atoms with Gasteiger partial charge in [-0.25, -0.2) is 0 Å². The summed E-state index contributed by atoms with van der Waals surface area (Å²) in [5, 5.41) is 13.4. The van der Waals surface area contributed by atoms with Crippen molar-refractivity contribution in [1.82, 2.24) is 10.2 Å². The lowest BCUT2D eigenvalue weighted by Gasteiger charge is -2.07. The van der Waals surface area contributed by atoms with E-state index in [0.717, 1.165) is 10.0 Å². The molecule has 3 aromatic rings. The van der Waals surface area contributed by atoms with Gasteiger partial charge in [0, 0.05) is 15.7 Å². The van der Waals surface area contributed by atoms with E-state index in [0.29, 0.717) is 16.4 Å². The molecule has 0 fully saturated rings. The molecular formula is C17H13BrN4O2S. The Morgan fingerprint density at radius 3 is 2.36 bits per heavy atom. The number of nitrogens with one attached hydrogen (secondary N) is 2. The van der Waals surface area contributed by atoms with Crippen LogP contribution in [-0.4, -0.2) is 22.0 Å². The van der Waals surface area contributed by atoms with Crippen molar-refractivity contribution in [3.63, 3.8) is 0 Å². The molecule has 0 saturated heterocycles. The summed E-state index contributed by atoms with van der Waals surface area (Å²) in [5.41, 5.74) is 3.63. The van der Waals surface area contributed by atoms with E-state index in [9.17, 15) is 9.59 Å². The molecular weight excluding hydrogens is 404 g/mol. The van der Waals surface area contributed by atoms with Crippen molar-refractivity contribution in [2.24, 2.45) is 0 Å². The Morgan fingerprint density at radius 2 is 1.72 bits per heavy atom. The van der Waals surface area contributed by atoms with Crippen molar-refractivity contribution in [3.05, 3.63) is 69.6 Å². The van der Waals surface area contributed by atoms with Crippen LogP contribution in [0.15, 0.2) is 58.5 Å². The molecule has 0 bridgehead atoms. The molecule has 0 aliphatic carbocycles. The fourth-order valence-electron chi connectivity index (χ4n) is 2.09. The zero-order valence-electron chi connectivity index (χ0n) is 12.9. The number of hydrogen-bond acceptors (Lipinski definition) is 5. The van der Waals surface area contributed by atoms with Gasteiger partial charge in [0.1, 0.15) is 5.51 Å². The third-order valence-electron chi connectivity index (χ3n) is 3.29. The summed E-state index contributed by atoms with van der Waals surface area (Å²) in [6.45, 7) is 0. The van der Waals surface area contributed by atoms with Crippen molar-refractivity contribution in [1.29, 1.82) is 0 Å². The summed E-state index contributed by atoms with van der Waals surface area (Å²) in [6, 6.07) is 14.3. The maximum absolute atomic E-state index is 12.2. The minimum atomic E-state index is -0.186. The standard InChI is InChI=1S/C17H13BrN4O2S/c18-13-5-3-12(4-6-13)16(24)20-14-7-1-11(2-8-14)9-15(23)21-17-22-19-10-25-17/h1-8,10H,9H2,(H,20,24)(H,21,22,23). The maximum atomic E-state index is 12.2. The Kier molecular flexibility index (Phi) is 5.52. The fourth-order valence-corrected chi connectivity index (χ4v) is 2.81. The van der Waals surface area contributed by atoms with Gasteiger partial charge in [-0.2, -0.15) is 0 Å². The smallest absolute Gasteiger partial charge is 0.255 e. The van der Waals surface area contributed by atoms with Gasteiger partial charge < -0.3 is 10.6 Å². The first kappa shape index (κ1) is 17.2. The number of benzene rings is 2. The molecule has 126 valence electrons. The summed E-state index contributed by atoms with van der Waals surface area (Å²) in [6.07, 6.45) is 0.223. The van der Waals surface area contributed by atoms with E-state index in [1.807, 2.05) is 12.1 Å². The molecule has 3 rings (SSSR count). The molecule has 2 aromatic carbocycles. The van der Waals surface area contributed by atoms with Crippen molar-refractivity contribution in [2.75, 3.05) is 10.6 Å². The van der Waals surface area contributed by atoms with Crippen LogP contribution in [0, 0.1) is 0 Å². The number of amides is 2. The molecule has 8 heteroatoms. The average molecular weight is 417 g/mol. The second-order valence-electron chi connectivity index (χ2n) is 5.13. The highest BCUT2D eigenvalue weighted by atomic mass is 79.9. The lowest BCUT2D eigenvalue weighted by molar-refractivity contribution is -0.115. The molecule has 0 unspecified atom stereocenters. The first-order valence-electron chi connectivity index (χ1n) is 7.32. The second kappa shape index (κ2) is 8.00. The number of anilines is 2. The van der Waals surface area contributed by atoms with Crippen LogP contribution in [0.5, 0.6) is 0 Å². The Bertz CT molecular complexity index is 865. The predicted molar refractivity (Wildman–Crippen MR) is 101 cm³/mol. The maximum Gasteiger partial charge on any atom is 0.255 e. The second-order valence-corrected chi connectivity index (χ2v) is 6.88. The quantitative estimate of drug-likeness (QED) is 0.663. The first-order valence-corrected chi connectivity index (χ1v) is 8.99. The van der Waals surface area contributed by atoms with Crippen LogP contribution >= 0.6 is 27.3 Å². The number of carbonyl (C=O) groups excluding carboxylic acids is 2. The number of halogens is 1. The van der Waals surface area contributed by atoms with Gasteiger partial charge >= 0.3 is 0 Å². The minimum Gasteiger partial charge on any atom is -0.322 e. The average Bonchev–Trinajstić information content (AvgIpc) is 3.10. The number of hydrogen-bond donors (Lipinski definition) is 2. The minimum absolute atomic E-state index is 0.164. The van der Waals surface area contributed by atoms with Gasteiger partial charge in [-0.1, -0.05) is 39.4 Å². The summed E-state index contributed by atoms with van der Waals surface area (Å²) in [4.78, 5) is 24.1. The van der Waals surface area contributed by atoms with Gasteiger partial charge in [0.2, 0.25) is 11.0 Å². The number of rotatable bonds is 5. The van der Waals surface area contributed by atoms with Crippen LogP contribution in [-0.2, 0) is 11.2 Å². The van der Waals surface area contributed by atoms with E-state index in [-0.39, 0.29) is 18.2 Å². The van der Waals surface area contributed by atoms with Crippen molar-refractivity contribution < 1.29 is 9.59 Å². The van der Waals surface area contributed by atoms with Gasteiger partial charge in [-0.3, -0.25) is 9.59 Å². The Hall–Kier alpha value is -2.58. The van der Waals surface area contributed by atoms with Crippen LogP contribution in [0.25, 0.3) is 0 Å². The Morgan fingerprint density at radius 1 is 1.00 bits per heavy atom. The molecule has 1 heterocycles. The molecule has 6 nitrogen and oxygen atoms in total. The van der Waals surface area contributed by atoms with Gasteiger partial charge in [0.15, 0.2) is 0 Å². The van der Waals surface area contributed by atoms with Crippen molar-refractivity contribution in [2.45, 2.75) is 6.42 Å². The van der Waals surface area contributed by atoms with Crippen LogP contribution in [0.4, 0.5) is 10.8 Å². The Balaban J connectivity index is 1.57. The summed E-state index contributed by atoms with van der Waals surface area (Å²) in [5.74, 6) is -0.349. The highest BCUT2D eigenvalue weighted by molar-refractivity contribution is 9.10. The molecule has 0 radical (unpaired) electrons. The summed E-state index contributed by atoms with van der Waals surface area (Å²) >= 11 is 4.60. The molecule has 0 saturated carbocycles. The fraction of sp³-hybridized carbons (Fsp3) is 0.0588. The van der Waals surface area contributed by atoms with E-state index < -0.39 is 0 Å². The summed E-state index contributed by atoms with van der Waals surface area (Å²) in [7, 11) is 0. The number of carbonyl (C=O) groups is 2. The van der Waals surface area contributed by atoms with E-state index in [4.69, 9.17) is 0 Å². The van der Waals surface area contributed by atoms with E-state index in [1.54, 1.807) is 41.9 Å². The van der Waals surface area contributed by atoms with Crippen LogP contribution < -0.4 is 10.6 Å². The monoisotopic (exact) mass is 416 g/mol. The van der Waals surface area contributed by atoms with Crippen molar-refractivity contribution >= 4 is 49.9 Å². The van der Waals surface area contributed by atoms with Gasteiger partial charge in [0.05, 0.1) is 6.42 Å². The zero-order valence-corrected chi connectivity index (χ0v) is 15.3. The third kappa shape index (κ3) is 4.94. The van der Waals surface area contributed by atoms with Gasteiger partial charge in [0.25, 0.3) is 5.91 Å². The van der Waals surface area contributed by atoms with Crippen LogP contribution in [0.3, 0.4) is 0 Å². The molecule has 0 aliphatic rings. The first-order chi connectivity index (χ1) is 12.1. The van der Waals surface area contributed by atoms with Crippen LogP contribution in [0.1, 0.15) is 15.9 Å². The van der Waals surface area contributed by atoms with Crippen molar-refractivity contribution in [3.8, 4) is 0 Å². The molecule has 2 N–H and O–H groups in total. The lowest BCUT2D eigenvalue weighted by Crippen LogP contribution is -2.14. The zero-order chi connectivity index (χ0) is 17.6. The molecule has 0 atom stereocenters. The normalized spacial score (nSPS) is 10.3.